The number of likely N-dealkylation sites (tertiary alicyclic amines) is 1. The second-order valence-electron chi connectivity index (χ2n) is 3.56. The van der Waals surface area contributed by atoms with Crippen LogP contribution in [0.2, 0.25) is 0 Å². The maximum Gasteiger partial charge on any atom is 0.409 e. The molecule has 0 spiro atoms. The Bertz CT molecular complexity index is 268. The number of methoxy groups -OCH3 is 1. The molecule has 5 nitrogen and oxygen atoms in total. The Morgan fingerprint density at radius 2 is 2.00 bits per heavy atom. The van der Waals surface area contributed by atoms with Gasteiger partial charge in [0.05, 0.1) is 7.11 Å². The van der Waals surface area contributed by atoms with E-state index in [2.05, 4.69) is 4.74 Å². The summed E-state index contributed by atoms with van der Waals surface area (Å²) in [4.78, 5) is 23.3. The van der Waals surface area contributed by atoms with E-state index in [0.717, 1.165) is 12.8 Å². The summed E-state index contributed by atoms with van der Waals surface area (Å²) in [6.45, 7) is 1.33. The number of nitrogens with zero attached hydrogens (tertiary/aromatic N) is 1. The van der Waals surface area contributed by atoms with E-state index < -0.39 is 5.91 Å². The van der Waals surface area contributed by atoms with Crippen LogP contribution in [0, 0.1) is 5.92 Å². The van der Waals surface area contributed by atoms with Gasteiger partial charge in [-0.25, -0.2) is 4.79 Å². The molecule has 1 heterocycles. The van der Waals surface area contributed by atoms with Crippen molar-refractivity contribution in [2.45, 2.75) is 12.8 Å². The van der Waals surface area contributed by atoms with Crippen molar-refractivity contribution < 1.29 is 14.3 Å². The largest absolute Gasteiger partial charge is 0.453 e. The lowest BCUT2D eigenvalue weighted by Crippen LogP contribution is -2.38. The van der Waals surface area contributed by atoms with Gasteiger partial charge in [0, 0.05) is 13.1 Å². The second kappa shape index (κ2) is 5.38. The van der Waals surface area contributed by atoms with Gasteiger partial charge < -0.3 is 15.4 Å². The highest BCUT2D eigenvalue weighted by Gasteiger charge is 2.21. The third-order valence-corrected chi connectivity index (χ3v) is 2.51. The second-order valence-corrected chi connectivity index (χ2v) is 3.56. The third kappa shape index (κ3) is 3.61. The van der Waals surface area contributed by atoms with E-state index in [1.165, 1.54) is 13.2 Å². The van der Waals surface area contributed by atoms with Gasteiger partial charge in [0.15, 0.2) is 0 Å². The SMILES string of the molecule is COC(=O)N1CCC(/C=C/C(N)=O)CC1. The van der Waals surface area contributed by atoms with E-state index in [-0.39, 0.29) is 6.09 Å². The highest BCUT2D eigenvalue weighted by molar-refractivity contribution is 5.85. The zero-order chi connectivity index (χ0) is 11.3. The standard InChI is InChI=1S/C10H16N2O3/c1-15-10(14)12-6-4-8(5-7-12)2-3-9(11)13/h2-3,8H,4-7H2,1H3,(H2,11,13)/b3-2+. The molecule has 0 atom stereocenters. The Morgan fingerprint density at radius 3 is 2.47 bits per heavy atom. The van der Waals surface area contributed by atoms with E-state index in [9.17, 15) is 9.59 Å². The fourth-order valence-electron chi connectivity index (χ4n) is 1.63. The van der Waals surface area contributed by atoms with Gasteiger partial charge in [-0.1, -0.05) is 6.08 Å². The fraction of sp³-hybridized carbons (Fsp3) is 0.600. The summed E-state index contributed by atoms with van der Waals surface area (Å²) in [5, 5.41) is 0. The molecule has 0 bridgehead atoms. The molecule has 0 aromatic heterocycles. The van der Waals surface area contributed by atoms with Gasteiger partial charge in [-0.3, -0.25) is 4.79 Å². The quantitative estimate of drug-likeness (QED) is 0.678. The first-order valence-electron chi connectivity index (χ1n) is 4.94. The number of amides is 2. The van der Waals surface area contributed by atoms with Crippen LogP contribution in [-0.2, 0) is 9.53 Å². The van der Waals surface area contributed by atoms with Crippen LogP contribution < -0.4 is 5.73 Å². The van der Waals surface area contributed by atoms with Crippen molar-refractivity contribution in [3.8, 4) is 0 Å². The Hall–Kier alpha value is -1.52. The number of primary amides is 1. The van der Waals surface area contributed by atoms with Crippen molar-refractivity contribution in [1.82, 2.24) is 4.90 Å². The minimum atomic E-state index is -0.426. The Labute approximate surface area is 88.9 Å². The minimum absolute atomic E-state index is 0.285. The summed E-state index contributed by atoms with van der Waals surface area (Å²) in [6, 6.07) is 0. The van der Waals surface area contributed by atoms with Crippen molar-refractivity contribution in [2.24, 2.45) is 11.7 Å². The summed E-state index contributed by atoms with van der Waals surface area (Å²) in [5.74, 6) is -0.0937. The number of allylic oxidation sites excluding steroid dienone is 1. The fourth-order valence-corrected chi connectivity index (χ4v) is 1.63. The summed E-state index contributed by atoms with van der Waals surface area (Å²) < 4.78 is 4.62. The molecule has 1 rings (SSSR count). The lowest BCUT2D eigenvalue weighted by molar-refractivity contribution is -0.113. The molecule has 2 amide bonds. The molecule has 5 heteroatoms. The molecular formula is C10H16N2O3. The van der Waals surface area contributed by atoms with Gasteiger partial charge in [0.25, 0.3) is 0 Å². The molecule has 0 radical (unpaired) electrons. The van der Waals surface area contributed by atoms with Crippen LogP contribution in [0.15, 0.2) is 12.2 Å². The Morgan fingerprint density at radius 1 is 1.40 bits per heavy atom. The minimum Gasteiger partial charge on any atom is -0.453 e. The topological polar surface area (TPSA) is 72.6 Å². The van der Waals surface area contributed by atoms with Crippen LogP contribution in [0.25, 0.3) is 0 Å². The number of hydrogen-bond acceptors (Lipinski definition) is 3. The van der Waals surface area contributed by atoms with Crippen LogP contribution >= 0.6 is 0 Å². The number of carbonyl (C=O) groups excluding carboxylic acids is 2. The summed E-state index contributed by atoms with van der Waals surface area (Å²) in [7, 11) is 1.38. The molecule has 84 valence electrons. The van der Waals surface area contributed by atoms with Crippen LogP contribution in [-0.4, -0.2) is 37.1 Å². The first-order valence-corrected chi connectivity index (χ1v) is 4.94. The zero-order valence-corrected chi connectivity index (χ0v) is 8.81. The van der Waals surface area contributed by atoms with E-state index >= 15 is 0 Å². The Balaban J connectivity index is 2.36. The Kier molecular flexibility index (Phi) is 4.15. The van der Waals surface area contributed by atoms with Gasteiger partial charge in [-0.05, 0) is 24.8 Å². The number of hydrogen-bond donors (Lipinski definition) is 1. The molecule has 0 aromatic carbocycles. The molecule has 1 aliphatic rings. The molecular weight excluding hydrogens is 196 g/mol. The van der Waals surface area contributed by atoms with Crippen molar-refractivity contribution in [2.75, 3.05) is 20.2 Å². The highest BCUT2D eigenvalue weighted by atomic mass is 16.5. The van der Waals surface area contributed by atoms with Crippen LogP contribution in [0.1, 0.15) is 12.8 Å². The lowest BCUT2D eigenvalue weighted by atomic mass is 9.96. The molecule has 1 aliphatic heterocycles. The lowest BCUT2D eigenvalue weighted by Gasteiger charge is -2.29. The van der Waals surface area contributed by atoms with Crippen molar-refractivity contribution in [3.05, 3.63) is 12.2 Å². The van der Waals surface area contributed by atoms with Crippen LogP contribution in [0.3, 0.4) is 0 Å². The molecule has 0 aliphatic carbocycles. The van der Waals surface area contributed by atoms with Crippen molar-refractivity contribution >= 4 is 12.0 Å². The number of nitrogens with two attached hydrogens (primary N) is 1. The molecule has 0 aromatic rings. The normalized spacial score (nSPS) is 18.1. The maximum absolute atomic E-state index is 11.2. The van der Waals surface area contributed by atoms with Crippen LogP contribution in [0.4, 0.5) is 4.79 Å². The molecule has 1 saturated heterocycles. The molecule has 0 unspecified atom stereocenters. The predicted molar refractivity (Wildman–Crippen MR) is 55.0 cm³/mol. The molecule has 2 N–H and O–H groups in total. The monoisotopic (exact) mass is 212 g/mol. The van der Waals surface area contributed by atoms with Gasteiger partial charge >= 0.3 is 6.09 Å². The average molecular weight is 212 g/mol. The zero-order valence-electron chi connectivity index (χ0n) is 8.81. The van der Waals surface area contributed by atoms with Gasteiger partial charge in [-0.2, -0.15) is 0 Å². The van der Waals surface area contributed by atoms with Gasteiger partial charge in [0.1, 0.15) is 0 Å². The van der Waals surface area contributed by atoms with Crippen LogP contribution in [0.5, 0.6) is 0 Å². The number of ether oxygens (including phenoxy) is 1. The van der Waals surface area contributed by atoms with E-state index in [0.29, 0.717) is 19.0 Å². The van der Waals surface area contributed by atoms with Crippen molar-refractivity contribution in [1.29, 1.82) is 0 Å². The highest BCUT2D eigenvalue weighted by Crippen LogP contribution is 2.18. The third-order valence-electron chi connectivity index (χ3n) is 2.51. The summed E-state index contributed by atoms with van der Waals surface area (Å²) >= 11 is 0. The molecule has 0 saturated carbocycles. The number of rotatable bonds is 2. The summed E-state index contributed by atoms with van der Waals surface area (Å²) in [6.07, 6.45) is 4.61. The van der Waals surface area contributed by atoms with Gasteiger partial charge in [-0.15, -0.1) is 0 Å². The van der Waals surface area contributed by atoms with E-state index in [4.69, 9.17) is 5.73 Å². The smallest absolute Gasteiger partial charge is 0.409 e. The maximum atomic E-state index is 11.2. The van der Waals surface area contributed by atoms with Gasteiger partial charge in [0.2, 0.25) is 5.91 Å². The van der Waals surface area contributed by atoms with Crippen molar-refractivity contribution in [3.63, 3.8) is 0 Å². The summed E-state index contributed by atoms with van der Waals surface area (Å²) in [5.41, 5.74) is 5.00. The molecule has 1 fully saturated rings. The first-order chi connectivity index (χ1) is 7.13. The van der Waals surface area contributed by atoms with E-state index in [1.54, 1.807) is 4.90 Å². The average Bonchev–Trinajstić information content (AvgIpc) is 2.26. The first kappa shape index (κ1) is 11.6. The number of piperidine rings is 1. The van der Waals surface area contributed by atoms with E-state index in [1.807, 2.05) is 6.08 Å². The predicted octanol–water partition coefficient (Wildman–Crippen LogP) is 0.506. The molecule has 15 heavy (non-hydrogen) atoms. The number of carbonyl (C=O) groups is 2.